The first-order valence-electron chi connectivity index (χ1n) is 7.72. The first kappa shape index (κ1) is 16.0. The molecule has 2 aromatic rings. The molecule has 1 fully saturated rings. The smallest absolute Gasteiger partial charge is 0.413 e. The van der Waals surface area contributed by atoms with Crippen molar-refractivity contribution < 1.29 is 9.53 Å². The molecule has 0 spiro atoms. The van der Waals surface area contributed by atoms with E-state index < -0.39 is 6.09 Å². The second kappa shape index (κ2) is 7.14. The van der Waals surface area contributed by atoms with E-state index in [0.29, 0.717) is 11.6 Å². The minimum Gasteiger partial charge on any atom is -0.453 e. The maximum Gasteiger partial charge on any atom is 0.413 e. The van der Waals surface area contributed by atoms with E-state index in [-0.39, 0.29) is 5.95 Å². The molecule has 0 aliphatic carbocycles. The number of carbonyl (C=O) groups is 1. The molecule has 1 aliphatic heterocycles. The van der Waals surface area contributed by atoms with E-state index in [1.165, 1.54) is 7.11 Å². The fourth-order valence-electron chi connectivity index (χ4n) is 2.65. The third-order valence-corrected chi connectivity index (χ3v) is 3.80. The van der Waals surface area contributed by atoms with Gasteiger partial charge >= 0.3 is 6.09 Å². The van der Waals surface area contributed by atoms with Crippen LogP contribution in [0.4, 0.5) is 22.4 Å². The average Bonchev–Trinajstić information content (AvgIpc) is 2.62. The Morgan fingerprint density at radius 3 is 2.62 bits per heavy atom. The molecule has 3 rings (SSSR count). The molecule has 24 heavy (non-hydrogen) atoms. The molecule has 0 unspecified atom stereocenters. The Bertz CT molecular complexity index is 716. The van der Waals surface area contributed by atoms with Gasteiger partial charge in [0.1, 0.15) is 11.6 Å². The maximum atomic E-state index is 11.5. The van der Waals surface area contributed by atoms with Crippen LogP contribution in [0.2, 0.25) is 0 Å². The van der Waals surface area contributed by atoms with E-state index >= 15 is 0 Å². The Kier molecular flexibility index (Phi) is 4.76. The lowest BCUT2D eigenvalue weighted by atomic mass is 10.1. The summed E-state index contributed by atoms with van der Waals surface area (Å²) < 4.78 is 4.60. The van der Waals surface area contributed by atoms with E-state index in [1.54, 1.807) is 0 Å². The largest absolute Gasteiger partial charge is 0.453 e. The van der Waals surface area contributed by atoms with Gasteiger partial charge in [-0.1, -0.05) is 30.3 Å². The summed E-state index contributed by atoms with van der Waals surface area (Å²) in [5, 5.41) is 5.79. The first-order chi connectivity index (χ1) is 11.7. The van der Waals surface area contributed by atoms with Gasteiger partial charge in [0, 0.05) is 26.2 Å². The van der Waals surface area contributed by atoms with E-state index in [4.69, 9.17) is 5.73 Å². The first-order valence-corrected chi connectivity index (χ1v) is 7.72. The van der Waals surface area contributed by atoms with Crippen LogP contribution in [0.5, 0.6) is 0 Å². The van der Waals surface area contributed by atoms with Gasteiger partial charge in [-0.25, -0.2) is 4.79 Å². The number of amides is 1. The minimum absolute atomic E-state index is 0.132. The average molecular weight is 328 g/mol. The minimum atomic E-state index is -0.631. The van der Waals surface area contributed by atoms with Crippen molar-refractivity contribution in [2.24, 2.45) is 0 Å². The maximum absolute atomic E-state index is 11.5. The Hall–Kier alpha value is -2.87. The summed E-state index contributed by atoms with van der Waals surface area (Å²) in [6.45, 7) is 3.32. The number of methoxy groups -OCH3 is 1. The Labute approximate surface area is 140 Å². The molecule has 0 bridgehead atoms. The molecule has 4 N–H and O–H groups in total. The lowest BCUT2D eigenvalue weighted by molar-refractivity contribution is 0.186. The van der Waals surface area contributed by atoms with Crippen LogP contribution in [0, 0.1) is 0 Å². The molecule has 1 aliphatic rings. The van der Waals surface area contributed by atoms with Crippen molar-refractivity contribution in [1.29, 1.82) is 0 Å². The van der Waals surface area contributed by atoms with Gasteiger partial charge in [-0.3, -0.25) is 5.32 Å². The lowest BCUT2D eigenvalue weighted by Gasteiger charge is -2.30. The summed E-state index contributed by atoms with van der Waals surface area (Å²) >= 11 is 0. The third-order valence-electron chi connectivity index (χ3n) is 3.80. The van der Waals surface area contributed by atoms with Crippen molar-refractivity contribution >= 4 is 23.7 Å². The van der Waals surface area contributed by atoms with Crippen molar-refractivity contribution in [3.63, 3.8) is 0 Å². The second-order valence-electron chi connectivity index (χ2n) is 5.35. The summed E-state index contributed by atoms with van der Waals surface area (Å²) in [5.41, 5.74) is 7.90. The molecule has 0 saturated carbocycles. The van der Waals surface area contributed by atoms with Gasteiger partial charge in [0.05, 0.1) is 12.7 Å². The van der Waals surface area contributed by atoms with E-state index in [9.17, 15) is 4.79 Å². The van der Waals surface area contributed by atoms with Crippen molar-refractivity contribution in [3.8, 4) is 11.1 Å². The van der Waals surface area contributed by atoms with Gasteiger partial charge in [-0.15, -0.1) is 0 Å². The summed E-state index contributed by atoms with van der Waals surface area (Å²) in [6, 6.07) is 9.76. The number of nitrogens with two attached hydrogens (primary N) is 1. The fourth-order valence-corrected chi connectivity index (χ4v) is 2.65. The number of ether oxygens (including phenoxy) is 1. The molecule has 126 valence electrons. The quantitative estimate of drug-likeness (QED) is 0.780. The standard InChI is InChI=1S/C16H20N6O2/c1-24-16(23)21-15-19-13(17)12(11-5-3-2-4-6-11)14(20-15)22-9-7-18-8-10-22/h2-6,18H,7-10H2,1H3,(H3,17,19,20,21,23). The molecule has 2 heterocycles. The van der Waals surface area contributed by atoms with Crippen molar-refractivity contribution in [3.05, 3.63) is 30.3 Å². The van der Waals surface area contributed by atoms with Crippen LogP contribution in [0.1, 0.15) is 0 Å². The molecular weight excluding hydrogens is 308 g/mol. The number of rotatable bonds is 3. The van der Waals surface area contributed by atoms with E-state index in [2.05, 4.69) is 30.2 Å². The van der Waals surface area contributed by atoms with Crippen LogP contribution in [0.15, 0.2) is 30.3 Å². The molecule has 8 heteroatoms. The summed E-state index contributed by atoms with van der Waals surface area (Å²) in [4.78, 5) is 22.3. The van der Waals surface area contributed by atoms with Gasteiger partial charge in [-0.05, 0) is 5.56 Å². The summed E-state index contributed by atoms with van der Waals surface area (Å²) in [6.07, 6.45) is -0.631. The number of benzene rings is 1. The Morgan fingerprint density at radius 2 is 1.96 bits per heavy atom. The Balaban J connectivity index is 2.07. The van der Waals surface area contributed by atoms with Gasteiger partial charge in [-0.2, -0.15) is 9.97 Å². The molecular formula is C16H20N6O2. The number of carbonyl (C=O) groups excluding carboxylic acids is 1. The lowest BCUT2D eigenvalue weighted by Crippen LogP contribution is -2.44. The van der Waals surface area contributed by atoms with Crippen molar-refractivity contribution in [2.75, 3.05) is 49.2 Å². The fraction of sp³-hybridized carbons (Fsp3) is 0.312. The molecule has 8 nitrogen and oxygen atoms in total. The van der Waals surface area contributed by atoms with Crippen LogP contribution in [-0.2, 0) is 4.74 Å². The molecule has 1 aromatic heterocycles. The number of aromatic nitrogens is 2. The number of nitrogens with one attached hydrogen (secondary N) is 2. The number of nitrogen functional groups attached to an aromatic ring is 1. The zero-order valence-corrected chi connectivity index (χ0v) is 13.5. The second-order valence-corrected chi connectivity index (χ2v) is 5.35. The molecule has 0 atom stereocenters. The molecule has 0 radical (unpaired) electrons. The Morgan fingerprint density at radius 1 is 1.25 bits per heavy atom. The highest BCUT2D eigenvalue weighted by Crippen LogP contribution is 2.34. The highest BCUT2D eigenvalue weighted by atomic mass is 16.5. The number of hydrogen-bond donors (Lipinski definition) is 3. The predicted molar refractivity (Wildman–Crippen MR) is 93.0 cm³/mol. The monoisotopic (exact) mass is 328 g/mol. The van der Waals surface area contributed by atoms with E-state index in [0.717, 1.165) is 37.3 Å². The number of anilines is 3. The zero-order valence-electron chi connectivity index (χ0n) is 13.5. The normalized spacial score (nSPS) is 14.3. The number of piperazine rings is 1. The highest BCUT2D eigenvalue weighted by molar-refractivity contribution is 5.88. The predicted octanol–water partition coefficient (Wildman–Crippen LogP) is 1.31. The van der Waals surface area contributed by atoms with Crippen molar-refractivity contribution in [2.45, 2.75) is 0 Å². The summed E-state index contributed by atoms with van der Waals surface area (Å²) in [5.74, 6) is 1.16. The molecule has 1 saturated heterocycles. The molecule has 1 amide bonds. The number of nitrogens with zero attached hydrogens (tertiary/aromatic N) is 3. The zero-order chi connectivity index (χ0) is 16.9. The van der Waals surface area contributed by atoms with Crippen LogP contribution >= 0.6 is 0 Å². The van der Waals surface area contributed by atoms with Crippen LogP contribution in [-0.4, -0.2) is 49.4 Å². The topological polar surface area (TPSA) is 105 Å². The molecule has 1 aromatic carbocycles. The highest BCUT2D eigenvalue weighted by Gasteiger charge is 2.21. The van der Waals surface area contributed by atoms with Gasteiger partial charge in [0.25, 0.3) is 0 Å². The number of hydrogen-bond acceptors (Lipinski definition) is 7. The third kappa shape index (κ3) is 3.38. The van der Waals surface area contributed by atoms with Gasteiger partial charge in [0.15, 0.2) is 0 Å². The van der Waals surface area contributed by atoms with Crippen molar-refractivity contribution in [1.82, 2.24) is 15.3 Å². The van der Waals surface area contributed by atoms with Gasteiger partial charge < -0.3 is 20.7 Å². The van der Waals surface area contributed by atoms with Gasteiger partial charge in [0.2, 0.25) is 5.95 Å². The summed E-state index contributed by atoms with van der Waals surface area (Å²) in [7, 11) is 1.29. The van der Waals surface area contributed by atoms with Crippen LogP contribution < -0.4 is 21.3 Å². The SMILES string of the molecule is COC(=O)Nc1nc(N)c(-c2ccccc2)c(N2CCNCC2)n1. The van der Waals surface area contributed by atoms with Crippen LogP contribution in [0.3, 0.4) is 0 Å². The van der Waals surface area contributed by atoms with Crippen LogP contribution in [0.25, 0.3) is 11.1 Å². The van der Waals surface area contributed by atoms with E-state index in [1.807, 2.05) is 30.3 Å².